The molecule has 0 unspecified atom stereocenters. The van der Waals surface area contributed by atoms with E-state index in [-0.39, 0.29) is 24.0 Å². The van der Waals surface area contributed by atoms with Crippen LogP contribution in [0, 0.1) is 0 Å². The first-order valence-electron chi connectivity index (χ1n) is 12.2. The number of hydrogen-bond donors (Lipinski definition) is 2. The van der Waals surface area contributed by atoms with Crippen molar-refractivity contribution >= 4 is 46.7 Å². The van der Waals surface area contributed by atoms with E-state index < -0.39 is 0 Å². The number of H-pyrrole nitrogens is 1. The van der Waals surface area contributed by atoms with Gasteiger partial charge in [0.25, 0.3) is 0 Å². The third kappa shape index (κ3) is 6.41. The molecule has 2 N–H and O–H groups in total. The number of piperidine rings is 1. The molecule has 4 rings (SSSR count). The fraction of sp³-hybridized carbons (Fsp3) is 0.600. The Morgan fingerprint density at radius 2 is 1.79 bits per heavy atom. The quantitative estimate of drug-likeness (QED) is 0.321. The van der Waals surface area contributed by atoms with Crippen molar-refractivity contribution in [2.45, 2.75) is 39.0 Å². The van der Waals surface area contributed by atoms with Gasteiger partial charge in [-0.15, -0.1) is 24.0 Å². The SMILES string of the molecule is CCc1cccc2c(CCNC(=NC)N3CCN(CC(=O)N4CCCCC4)CC3)c[nH]c12.I. The van der Waals surface area contributed by atoms with Gasteiger partial charge >= 0.3 is 0 Å². The number of para-hydroxylation sites is 1. The zero-order chi connectivity index (χ0) is 22.3. The van der Waals surface area contributed by atoms with Crippen LogP contribution in [0.15, 0.2) is 29.4 Å². The number of carbonyl (C=O) groups is 1. The lowest BCUT2D eigenvalue weighted by molar-refractivity contribution is -0.133. The van der Waals surface area contributed by atoms with Crippen LogP contribution < -0.4 is 5.32 Å². The van der Waals surface area contributed by atoms with E-state index in [1.807, 2.05) is 11.9 Å². The minimum atomic E-state index is 0. The van der Waals surface area contributed by atoms with Crippen molar-refractivity contribution in [1.82, 2.24) is 25.0 Å². The number of fused-ring (bicyclic) bond motifs is 1. The zero-order valence-corrected chi connectivity index (χ0v) is 22.4. The monoisotopic (exact) mass is 566 g/mol. The molecule has 2 fully saturated rings. The molecular formula is C25H39IN6O. The smallest absolute Gasteiger partial charge is 0.236 e. The number of aliphatic imine (C=N–C) groups is 1. The number of nitrogens with zero attached hydrogens (tertiary/aromatic N) is 4. The first-order chi connectivity index (χ1) is 15.7. The van der Waals surface area contributed by atoms with Crippen molar-refractivity contribution < 1.29 is 4.79 Å². The first kappa shape index (κ1) is 25.8. The number of rotatable bonds is 6. The molecule has 2 saturated heterocycles. The molecule has 2 aromatic rings. The summed E-state index contributed by atoms with van der Waals surface area (Å²) in [4.78, 5) is 27.2. The molecule has 8 heteroatoms. The fourth-order valence-electron chi connectivity index (χ4n) is 4.97. The highest BCUT2D eigenvalue weighted by atomic mass is 127. The van der Waals surface area contributed by atoms with Crippen LogP contribution in [0.2, 0.25) is 0 Å². The second kappa shape index (κ2) is 12.6. The molecule has 182 valence electrons. The maximum Gasteiger partial charge on any atom is 0.236 e. The van der Waals surface area contributed by atoms with Crippen molar-refractivity contribution in [3.63, 3.8) is 0 Å². The number of carbonyl (C=O) groups excluding carboxylic acids is 1. The average molecular weight is 567 g/mol. The van der Waals surface area contributed by atoms with Gasteiger partial charge in [0.1, 0.15) is 0 Å². The maximum atomic E-state index is 12.6. The Kier molecular flexibility index (Phi) is 9.85. The van der Waals surface area contributed by atoms with Crippen LogP contribution in [-0.4, -0.2) is 91.0 Å². The molecule has 1 aromatic carbocycles. The molecule has 0 radical (unpaired) electrons. The Morgan fingerprint density at radius 1 is 1.03 bits per heavy atom. The van der Waals surface area contributed by atoms with Crippen LogP contribution in [0.25, 0.3) is 10.9 Å². The van der Waals surface area contributed by atoms with E-state index in [1.54, 1.807) is 0 Å². The average Bonchev–Trinajstić information content (AvgIpc) is 3.26. The molecule has 1 amide bonds. The number of hydrogen-bond acceptors (Lipinski definition) is 3. The van der Waals surface area contributed by atoms with Crippen LogP contribution in [-0.2, 0) is 17.6 Å². The molecule has 33 heavy (non-hydrogen) atoms. The van der Waals surface area contributed by atoms with Crippen molar-refractivity contribution in [3.05, 3.63) is 35.5 Å². The highest BCUT2D eigenvalue weighted by molar-refractivity contribution is 14.0. The highest BCUT2D eigenvalue weighted by Crippen LogP contribution is 2.22. The van der Waals surface area contributed by atoms with Gasteiger partial charge < -0.3 is 20.1 Å². The van der Waals surface area contributed by atoms with E-state index in [0.29, 0.717) is 12.5 Å². The molecule has 0 saturated carbocycles. The van der Waals surface area contributed by atoms with Gasteiger partial charge in [0.15, 0.2) is 5.96 Å². The number of guanidine groups is 1. The summed E-state index contributed by atoms with van der Waals surface area (Å²) in [6.45, 7) is 9.09. The van der Waals surface area contributed by atoms with Gasteiger partial charge in [0.2, 0.25) is 5.91 Å². The number of benzene rings is 1. The first-order valence-corrected chi connectivity index (χ1v) is 12.2. The molecule has 2 aliphatic heterocycles. The number of piperazine rings is 1. The van der Waals surface area contributed by atoms with Gasteiger partial charge in [0, 0.05) is 70.0 Å². The largest absolute Gasteiger partial charge is 0.361 e. The summed E-state index contributed by atoms with van der Waals surface area (Å²) >= 11 is 0. The molecule has 7 nitrogen and oxygen atoms in total. The summed E-state index contributed by atoms with van der Waals surface area (Å²) < 4.78 is 0. The molecule has 3 heterocycles. The number of aromatic amines is 1. The normalized spacial score (nSPS) is 17.8. The van der Waals surface area contributed by atoms with Crippen molar-refractivity contribution in [1.29, 1.82) is 0 Å². The standard InChI is InChI=1S/C25H38N6O.HI/c1-3-20-8-7-9-22-21(18-28-24(20)22)10-11-27-25(26-2)31-16-14-29(15-17-31)19-23(32)30-12-5-4-6-13-30;/h7-9,18,28H,3-6,10-17,19H2,1-2H3,(H,26,27);1H. The Hall–Kier alpha value is -1.81. The second-order valence-corrected chi connectivity index (χ2v) is 8.94. The molecular weight excluding hydrogens is 527 g/mol. The summed E-state index contributed by atoms with van der Waals surface area (Å²) in [5, 5.41) is 4.87. The maximum absolute atomic E-state index is 12.6. The molecule has 0 bridgehead atoms. The van der Waals surface area contributed by atoms with Gasteiger partial charge in [-0.1, -0.05) is 25.1 Å². The Labute approximate surface area is 215 Å². The Balaban J connectivity index is 0.00000306. The number of amides is 1. The molecule has 0 aliphatic carbocycles. The van der Waals surface area contributed by atoms with E-state index >= 15 is 0 Å². The summed E-state index contributed by atoms with van der Waals surface area (Å²) in [6.07, 6.45) is 7.70. The van der Waals surface area contributed by atoms with Crippen LogP contribution in [0.5, 0.6) is 0 Å². The van der Waals surface area contributed by atoms with Crippen molar-refractivity contribution in [2.24, 2.45) is 4.99 Å². The Bertz CT molecular complexity index is 928. The second-order valence-electron chi connectivity index (χ2n) is 8.94. The third-order valence-electron chi connectivity index (χ3n) is 6.90. The lowest BCUT2D eigenvalue weighted by Crippen LogP contribution is -2.54. The van der Waals surface area contributed by atoms with Crippen molar-refractivity contribution in [2.75, 3.05) is 59.4 Å². The highest BCUT2D eigenvalue weighted by Gasteiger charge is 2.24. The predicted molar refractivity (Wildman–Crippen MR) is 147 cm³/mol. The van der Waals surface area contributed by atoms with E-state index in [9.17, 15) is 4.79 Å². The van der Waals surface area contributed by atoms with Gasteiger partial charge in [0.05, 0.1) is 6.54 Å². The van der Waals surface area contributed by atoms with E-state index in [1.165, 1.54) is 28.5 Å². The topological polar surface area (TPSA) is 67.0 Å². The lowest BCUT2D eigenvalue weighted by Gasteiger charge is -2.37. The van der Waals surface area contributed by atoms with Gasteiger partial charge in [-0.25, -0.2) is 0 Å². The minimum absolute atomic E-state index is 0. The number of aromatic nitrogens is 1. The predicted octanol–water partition coefficient (Wildman–Crippen LogP) is 3.10. The summed E-state index contributed by atoms with van der Waals surface area (Å²) in [6, 6.07) is 6.56. The molecule has 1 aromatic heterocycles. The lowest BCUT2D eigenvalue weighted by atomic mass is 10.1. The van der Waals surface area contributed by atoms with Crippen molar-refractivity contribution in [3.8, 4) is 0 Å². The van der Waals surface area contributed by atoms with Crippen LogP contribution >= 0.6 is 24.0 Å². The van der Waals surface area contributed by atoms with Gasteiger partial charge in [-0.05, 0) is 43.2 Å². The van der Waals surface area contributed by atoms with E-state index in [0.717, 1.165) is 77.5 Å². The summed E-state index contributed by atoms with van der Waals surface area (Å²) in [7, 11) is 1.85. The molecule has 0 spiro atoms. The minimum Gasteiger partial charge on any atom is -0.361 e. The molecule has 0 atom stereocenters. The van der Waals surface area contributed by atoms with E-state index in [2.05, 4.69) is 56.4 Å². The number of halogens is 1. The van der Waals surface area contributed by atoms with Crippen LogP contribution in [0.3, 0.4) is 0 Å². The van der Waals surface area contributed by atoms with Crippen LogP contribution in [0.1, 0.15) is 37.3 Å². The summed E-state index contributed by atoms with van der Waals surface area (Å²) in [5.41, 5.74) is 3.98. The zero-order valence-electron chi connectivity index (χ0n) is 20.1. The van der Waals surface area contributed by atoms with Gasteiger partial charge in [-0.2, -0.15) is 0 Å². The third-order valence-corrected chi connectivity index (χ3v) is 6.90. The summed E-state index contributed by atoms with van der Waals surface area (Å²) in [5.74, 6) is 1.26. The van der Waals surface area contributed by atoms with Crippen LogP contribution in [0.4, 0.5) is 0 Å². The number of aryl methyl sites for hydroxylation is 1. The Morgan fingerprint density at radius 3 is 2.48 bits per heavy atom. The number of likely N-dealkylation sites (tertiary alicyclic amines) is 1. The number of nitrogens with one attached hydrogen (secondary N) is 2. The molecule has 2 aliphatic rings. The van der Waals surface area contributed by atoms with E-state index in [4.69, 9.17) is 0 Å². The van der Waals surface area contributed by atoms with Gasteiger partial charge in [-0.3, -0.25) is 14.7 Å². The fourth-order valence-corrected chi connectivity index (χ4v) is 4.97.